The second kappa shape index (κ2) is 6.19. The van der Waals surface area contributed by atoms with Crippen molar-refractivity contribution in [2.45, 2.75) is 26.3 Å². The lowest BCUT2D eigenvalue weighted by atomic mass is 10.0. The Morgan fingerprint density at radius 2 is 2.00 bits per heavy atom. The summed E-state index contributed by atoms with van der Waals surface area (Å²) in [5, 5.41) is 3.20. The van der Waals surface area contributed by atoms with Crippen molar-refractivity contribution >= 4 is 9.84 Å². The normalized spacial score (nSPS) is 16.2. The van der Waals surface area contributed by atoms with E-state index in [0.717, 1.165) is 6.42 Å². The van der Waals surface area contributed by atoms with Crippen LogP contribution >= 0.6 is 0 Å². The number of allylic oxidation sites excluding steroid dienone is 1. The SMILES string of the molecule is C=CC[C@@H](C)[C@@H](C)NCCS(C)(=O)=O. The van der Waals surface area contributed by atoms with Gasteiger partial charge in [0.1, 0.15) is 9.84 Å². The first-order valence-corrected chi connectivity index (χ1v) is 6.95. The van der Waals surface area contributed by atoms with Gasteiger partial charge in [-0.2, -0.15) is 0 Å². The molecule has 0 radical (unpaired) electrons. The van der Waals surface area contributed by atoms with Crippen LogP contribution in [0.3, 0.4) is 0 Å². The van der Waals surface area contributed by atoms with E-state index in [2.05, 4.69) is 25.7 Å². The Labute approximate surface area is 87.5 Å². The molecular weight excluding hydrogens is 198 g/mol. The summed E-state index contributed by atoms with van der Waals surface area (Å²) in [7, 11) is -2.84. The van der Waals surface area contributed by atoms with Crippen LogP contribution in [-0.2, 0) is 9.84 Å². The van der Waals surface area contributed by atoms with Gasteiger partial charge in [-0.15, -0.1) is 6.58 Å². The molecule has 0 unspecified atom stereocenters. The largest absolute Gasteiger partial charge is 0.313 e. The number of hydrogen-bond donors (Lipinski definition) is 1. The van der Waals surface area contributed by atoms with Crippen LogP contribution in [0.5, 0.6) is 0 Å². The second-order valence-electron chi connectivity index (χ2n) is 3.87. The molecule has 3 nitrogen and oxygen atoms in total. The summed E-state index contributed by atoms with van der Waals surface area (Å²) in [4.78, 5) is 0. The molecule has 0 aromatic heterocycles. The molecule has 0 fully saturated rings. The van der Waals surface area contributed by atoms with E-state index >= 15 is 0 Å². The van der Waals surface area contributed by atoms with Gasteiger partial charge in [-0.3, -0.25) is 0 Å². The van der Waals surface area contributed by atoms with Crippen molar-refractivity contribution in [2.75, 3.05) is 18.6 Å². The third kappa shape index (κ3) is 7.09. The Hall–Kier alpha value is -0.350. The van der Waals surface area contributed by atoms with Gasteiger partial charge in [0.25, 0.3) is 0 Å². The molecule has 0 amide bonds. The van der Waals surface area contributed by atoms with Crippen LogP contribution in [0.2, 0.25) is 0 Å². The lowest BCUT2D eigenvalue weighted by Gasteiger charge is -2.19. The molecule has 0 saturated heterocycles. The van der Waals surface area contributed by atoms with Crippen molar-refractivity contribution in [3.05, 3.63) is 12.7 Å². The smallest absolute Gasteiger partial charge is 0.148 e. The lowest BCUT2D eigenvalue weighted by Crippen LogP contribution is -2.35. The van der Waals surface area contributed by atoms with Gasteiger partial charge in [-0.1, -0.05) is 13.0 Å². The predicted molar refractivity (Wildman–Crippen MR) is 61.2 cm³/mol. The fourth-order valence-corrected chi connectivity index (χ4v) is 1.63. The fraction of sp³-hybridized carbons (Fsp3) is 0.800. The van der Waals surface area contributed by atoms with Crippen molar-refractivity contribution in [1.82, 2.24) is 5.32 Å². The molecular formula is C10H21NO2S. The van der Waals surface area contributed by atoms with E-state index in [1.165, 1.54) is 6.26 Å². The number of nitrogens with one attached hydrogen (secondary N) is 1. The van der Waals surface area contributed by atoms with Crippen LogP contribution in [0.1, 0.15) is 20.3 Å². The van der Waals surface area contributed by atoms with Crippen LogP contribution in [0.15, 0.2) is 12.7 Å². The minimum absolute atomic E-state index is 0.206. The molecule has 0 aliphatic carbocycles. The Balaban J connectivity index is 3.73. The zero-order chi connectivity index (χ0) is 11.2. The molecule has 0 aromatic carbocycles. The molecule has 4 heteroatoms. The highest BCUT2D eigenvalue weighted by Crippen LogP contribution is 2.07. The zero-order valence-electron chi connectivity index (χ0n) is 9.29. The Bertz CT molecular complexity index is 259. The molecule has 0 saturated carbocycles. The summed E-state index contributed by atoms with van der Waals surface area (Å²) >= 11 is 0. The topological polar surface area (TPSA) is 46.2 Å². The Morgan fingerprint density at radius 1 is 1.43 bits per heavy atom. The summed E-state index contributed by atoms with van der Waals surface area (Å²) in [6.07, 6.45) is 4.10. The molecule has 0 rings (SSSR count). The van der Waals surface area contributed by atoms with E-state index < -0.39 is 9.84 Å². The highest BCUT2D eigenvalue weighted by atomic mass is 32.2. The number of rotatable bonds is 7. The maximum atomic E-state index is 10.9. The summed E-state index contributed by atoms with van der Waals surface area (Å²) in [5.41, 5.74) is 0. The number of hydrogen-bond acceptors (Lipinski definition) is 3. The van der Waals surface area contributed by atoms with Gasteiger partial charge < -0.3 is 5.32 Å². The molecule has 14 heavy (non-hydrogen) atoms. The average Bonchev–Trinajstić information content (AvgIpc) is 2.02. The van der Waals surface area contributed by atoms with Crippen molar-refractivity contribution in [1.29, 1.82) is 0 Å². The standard InChI is InChI=1S/C10H21NO2S/c1-5-6-9(2)10(3)11-7-8-14(4,12)13/h5,9-11H,1,6-8H2,2-4H3/t9-,10-/m1/s1. The van der Waals surface area contributed by atoms with E-state index in [4.69, 9.17) is 0 Å². The quantitative estimate of drug-likeness (QED) is 0.655. The van der Waals surface area contributed by atoms with E-state index in [1.54, 1.807) is 0 Å². The molecule has 0 heterocycles. The summed E-state index contributed by atoms with van der Waals surface area (Å²) in [6, 6.07) is 0.328. The zero-order valence-corrected chi connectivity index (χ0v) is 10.1. The summed E-state index contributed by atoms with van der Waals surface area (Å²) in [6.45, 7) is 8.40. The van der Waals surface area contributed by atoms with E-state index in [9.17, 15) is 8.42 Å². The van der Waals surface area contributed by atoms with E-state index in [1.807, 2.05) is 6.08 Å². The monoisotopic (exact) mass is 219 g/mol. The first-order chi connectivity index (χ1) is 6.37. The van der Waals surface area contributed by atoms with Gasteiger partial charge in [-0.25, -0.2) is 8.42 Å². The van der Waals surface area contributed by atoms with Crippen molar-refractivity contribution in [3.8, 4) is 0 Å². The van der Waals surface area contributed by atoms with Crippen LogP contribution in [0.25, 0.3) is 0 Å². The van der Waals surface area contributed by atoms with Gasteiger partial charge in [0, 0.05) is 18.8 Å². The first kappa shape index (κ1) is 13.7. The minimum atomic E-state index is -2.84. The fourth-order valence-electron chi connectivity index (χ4n) is 1.14. The third-order valence-corrected chi connectivity index (χ3v) is 3.28. The summed E-state index contributed by atoms with van der Waals surface area (Å²) in [5.74, 6) is 0.699. The van der Waals surface area contributed by atoms with Crippen molar-refractivity contribution in [2.24, 2.45) is 5.92 Å². The molecule has 0 aromatic rings. The van der Waals surface area contributed by atoms with Crippen LogP contribution in [0, 0.1) is 5.92 Å². The van der Waals surface area contributed by atoms with Gasteiger partial charge >= 0.3 is 0 Å². The molecule has 0 aliphatic heterocycles. The van der Waals surface area contributed by atoms with Crippen LogP contribution in [-0.4, -0.2) is 33.0 Å². The maximum Gasteiger partial charge on any atom is 0.148 e. The molecule has 84 valence electrons. The highest BCUT2D eigenvalue weighted by molar-refractivity contribution is 7.90. The third-order valence-electron chi connectivity index (χ3n) is 2.33. The molecule has 0 bridgehead atoms. The van der Waals surface area contributed by atoms with E-state index in [0.29, 0.717) is 18.5 Å². The van der Waals surface area contributed by atoms with Gasteiger partial charge in [0.2, 0.25) is 0 Å². The van der Waals surface area contributed by atoms with Crippen molar-refractivity contribution < 1.29 is 8.42 Å². The predicted octanol–water partition coefficient (Wildman–Crippen LogP) is 1.22. The van der Waals surface area contributed by atoms with Gasteiger partial charge in [-0.05, 0) is 19.3 Å². The van der Waals surface area contributed by atoms with Crippen molar-refractivity contribution in [3.63, 3.8) is 0 Å². The van der Waals surface area contributed by atoms with Crippen LogP contribution < -0.4 is 5.32 Å². The summed E-state index contributed by atoms with van der Waals surface area (Å²) < 4.78 is 21.7. The first-order valence-electron chi connectivity index (χ1n) is 4.89. The minimum Gasteiger partial charge on any atom is -0.313 e. The lowest BCUT2D eigenvalue weighted by molar-refractivity contribution is 0.412. The Morgan fingerprint density at radius 3 is 2.43 bits per heavy atom. The molecule has 0 aliphatic rings. The van der Waals surface area contributed by atoms with Crippen LogP contribution in [0.4, 0.5) is 0 Å². The van der Waals surface area contributed by atoms with Gasteiger partial charge in [0.15, 0.2) is 0 Å². The second-order valence-corrected chi connectivity index (χ2v) is 6.13. The Kier molecular flexibility index (Phi) is 6.04. The maximum absolute atomic E-state index is 10.9. The molecule has 2 atom stereocenters. The molecule has 0 spiro atoms. The highest BCUT2D eigenvalue weighted by Gasteiger charge is 2.10. The van der Waals surface area contributed by atoms with Gasteiger partial charge in [0.05, 0.1) is 5.75 Å². The number of sulfone groups is 1. The average molecular weight is 219 g/mol. The molecule has 1 N–H and O–H groups in total. The van der Waals surface area contributed by atoms with E-state index in [-0.39, 0.29) is 5.75 Å².